The minimum Gasteiger partial charge on any atom is -0.293 e. The van der Waals surface area contributed by atoms with Crippen molar-refractivity contribution >= 4 is 16.9 Å². The number of carbonyl (C=O) groups is 1. The Labute approximate surface area is 197 Å². The summed E-state index contributed by atoms with van der Waals surface area (Å²) in [5.41, 5.74) is 7.29. The van der Waals surface area contributed by atoms with Gasteiger partial charge in [0.15, 0.2) is 5.78 Å². The summed E-state index contributed by atoms with van der Waals surface area (Å²) < 4.78 is 0. The standard InChI is InChI=1S/C32H30O/c1-2-3-4-7-14-24-21-22-29(33)32(23-24)28-20-13-12-19-27(28)30(25-15-8-5-9-16-25)31(32)26-17-10-6-11-18-26/h5-6,8-13,15-23H,2-4,7,14H2,1H3. The van der Waals surface area contributed by atoms with Gasteiger partial charge >= 0.3 is 0 Å². The molecule has 1 unspecified atom stereocenters. The highest BCUT2D eigenvalue weighted by molar-refractivity contribution is 6.22. The van der Waals surface area contributed by atoms with Crippen molar-refractivity contribution in [3.63, 3.8) is 0 Å². The number of benzene rings is 3. The molecule has 1 atom stereocenters. The van der Waals surface area contributed by atoms with Crippen LogP contribution in [0.2, 0.25) is 0 Å². The molecule has 0 bridgehead atoms. The van der Waals surface area contributed by atoms with E-state index in [1.54, 1.807) is 0 Å². The SMILES string of the molecule is CCCCCCC1=CC2(C(=O)C=C1)C(c1ccccc1)=C(c1ccccc1)c1ccccc12. The molecule has 2 aliphatic carbocycles. The lowest BCUT2D eigenvalue weighted by Gasteiger charge is -2.32. The third-order valence-electron chi connectivity index (χ3n) is 6.95. The second kappa shape index (κ2) is 9.19. The fourth-order valence-corrected chi connectivity index (χ4v) is 5.42. The molecule has 3 aromatic carbocycles. The fraction of sp³-hybridized carbons (Fsp3) is 0.219. The average molecular weight is 431 g/mol. The van der Waals surface area contributed by atoms with Crippen LogP contribution in [0.3, 0.4) is 0 Å². The Balaban J connectivity index is 1.76. The smallest absolute Gasteiger partial charge is 0.174 e. The van der Waals surface area contributed by atoms with Crippen molar-refractivity contribution in [2.75, 3.05) is 0 Å². The quantitative estimate of drug-likeness (QED) is 0.348. The maximum absolute atomic E-state index is 13.9. The molecule has 3 aromatic rings. The molecule has 1 nitrogen and oxygen atoms in total. The van der Waals surface area contributed by atoms with Crippen LogP contribution in [0.5, 0.6) is 0 Å². The molecule has 0 N–H and O–H groups in total. The van der Waals surface area contributed by atoms with Gasteiger partial charge in [-0.3, -0.25) is 4.79 Å². The molecular weight excluding hydrogens is 400 g/mol. The molecule has 0 saturated heterocycles. The number of allylic oxidation sites excluding steroid dienone is 5. The summed E-state index contributed by atoms with van der Waals surface area (Å²) in [4.78, 5) is 13.9. The van der Waals surface area contributed by atoms with Gasteiger partial charge in [0.25, 0.3) is 0 Å². The summed E-state index contributed by atoms with van der Waals surface area (Å²) in [6, 6.07) is 29.5. The van der Waals surface area contributed by atoms with Crippen molar-refractivity contribution in [3.05, 3.63) is 131 Å². The molecule has 164 valence electrons. The molecule has 0 radical (unpaired) electrons. The second-order valence-corrected chi connectivity index (χ2v) is 9.06. The Hall–Kier alpha value is -3.45. The van der Waals surface area contributed by atoms with E-state index in [0.717, 1.165) is 40.7 Å². The van der Waals surface area contributed by atoms with Gasteiger partial charge in [0, 0.05) is 0 Å². The molecule has 5 rings (SSSR count). The molecule has 0 aliphatic heterocycles. The third-order valence-corrected chi connectivity index (χ3v) is 6.95. The Morgan fingerprint density at radius 2 is 1.36 bits per heavy atom. The zero-order valence-electron chi connectivity index (χ0n) is 19.3. The third kappa shape index (κ3) is 3.72. The zero-order chi connectivity index (χ0) is 22.7. The van der Waals surface area contributed by atoms with Gasteiger partial charge < -0.3 is 0 Å². The van der Waals surface area contributed by atoms with Gasteiger partial charge in [-0.1, -0.05) is 129 Å². The van der Waals surface area contributed by atoms with Gasteiger partial charge in [0.1, 0.15) is 5.41 Å². The Bertz CT molecular complexity index is 1240. The Morgan fingerprint density at radius 3 is 2.09 bits per heavy atom. The topological polar surface area (TPSA) is 17.1 Å². The number of rotatable bonds is 7. The highest BCUT2D eigenvalue weighted by Crippen LogP contribution is 2.56. The summed E-state index contributed by atoms with van der Waals surface area (Å²) in [7, 11) is 0. The largest absolute Gasteiger partial charge is 0.293 e. The lowest BCUT2D eigenvalue weighted by atomic mass is 9.68. The first-order valence-electron chi connectivity index (χ1n) is 12.2. The van der Waals surface area contributed by atoms with Gasteiger partial charge in [-0.25, -0.2) is 0 Å². The van der Waals surface area contributed by atoms with E-state index in [2.05, 4.69) is 85.8 Å². The predicted octanol–water partition coefficient (Wildman–Crippen LogP) is 7.93. The number of ketones is 1. The van der Waals surface area contributed by atoms with Gasteiger partial charge in [0.2, 0.25) is 0 Å². The Kier molecular flexibility index (Phi) is 5.96. The zero-order valence-corrected chi connectivity index (χ0v) is 19.3. The van der Waals surface area contributed by atoms with Gasteiger partial charge in [-0.05, 0) is 52.3 Å². The maximum Gasteiger partial charge on any atom is 0.174 e. The van der Waals surface area contributed by atoms with Crippen molar-refractivity contribution in [3.8, 4) is 0 Å². The van der Waals surface area contributed by atoms with E-state index < -0.39 is 5.41 Å². The van der Waals surface area contributed by atoms with E-state index in [1.807, 2.05) is 24.3 Å². The second-order valence-electron chi connectivity index (χ2n) is 9.06. The Morgan fingerprint density at radius 1 is 0.697 bits per heavy atom. The van der Waals surface area contributed by atoms with Crippen molar-refractivity contribution in [1.82, 2.24) is 0 Å². The summed E-state index contributed by atoms with van der Waals surface area (Å²) in [6.07, 6.45) is 12.0. The summed E-state index contributed by atoms with van der Waals surface area (Å²) in [5.74, 6) is 0.150. The maximum atomic E-state index is 13.9. The number of hydrogen-bond acceptors (Lipinski definition) is 1. The van der Waals surface area contributed by atoms with Crippen LogP contribution in [0.1, 0.15) is 61.3 Å². The molecule has 0 amide bonds. The lowest BCUT2D eigenvalue weighted by molar-refractivity contribution is -0.116. The fourth-order valence-electron chi connectivity index (χ4n) is 5.42. The van der Waals surface area contributed by atoms with Gasteiger partial charge in [0.05, 0.1) is 0 Å². The molecular formula is C32H30O. The number of carbonyl (C=O) groups excluding carboxylic acids is 1. The molecule has 0 saturated carbocycles. The van der Waals surface area contributed by atoms with Crippen LogP contribution < -0.4 is 0 Å². The molecule has 0 heterocycles. The van der Waals surface area contributed by atoms with Gasteiger partial charge in [-0.2, -0.15) is 0 Å². The average Bonchev–Trinajstić information content (AvgIpc) is 3.16. The van der Waals surface area contributed by atoms with Gasteiger partial charge in [-0.15, -0.1) is 0 Å². The van der Waals surface area contributed by atoms with Crippen LogP contribution in [0, 0.1) is 0 Å². The van der Waals surface area contributed by atoms with Crippen molar-refractivity contribution in [1.29, 1.82) is 0 Å². The first-order chi connectivity index (χ1) is 16.3. The first-order valence-corrected chi connectivity index (χ1v) is 12.2. The molecule has 0 fully saturated rings. The first kappa shape index (κ1) is 21.4. The van der Waals surface area contributed by atoms with E-state index in [9.17, 15) is 4.79 Å². The molecule has 2 aliphatic rings. The number of unbranched alkanes of at least 4 members (excludes halogenated alkanes) is 3. The van der Waals surface area contributed by atoms with E-state index >= 15 is 0 Å². The lowest BCUT2D eigenvalue weighted by Crippen LogP contribution is -2.34. The minimum absolute atomic E-state index is 0.150. The van der Waals surface area contributed by atoms with E-state index in [1.165, 1.54) is 30.4 Å². The van der Waals surface area contributed by atoms with E-state index in [4.69, 9.17) is 0 Å². The van der Waals surface area contributed by atoms with Crippen LogP contribution in [-0.2, 0) is 10.2 Å². The monoisotopic (exact) mass is 430 g/mol. The highest BCUT2D eigenvalue weighted by atomic mass is 16.1. The summed E-state index contributed by atoms with van der Waals surface area (Å²) in [5, 5.41) is 0. The van der Waals surface area contributed by atoms with Crippen LogP contribution in [0.4, 0.5) is 0 Å². The highest BCUT2D eigenvalue weighted by Gasteiger charge is 2.49. The van der Waals surface area contributed by atoms with Crippen molar-refractivity contribution in [2.24, 2.45) is 0 Å². The van der Waals surface area contributed by atoms with Crippen molar-refractivity contribution < 1.29 is 4.79 Å². The minimum atomic E-state index is -0.780. The van der Waals surface area contributed by atoms with Crippen LogP contribution in [0.15, 0.2) is 109 Å². The number of fused-ring (bicyclic) bond motifs is 2. The van der Waals surface area contributed by atoms with Crippen LogP contribution in [-0.4, -0.2) is 5.78 Å². The molecule has 33 heavy (non-hydrogen) atoms. The normalized spacial score (nSPS) is 19.2. The van der Waals surface area contributed by atoms with Crippen LogP contribution in [0.25, 0.3) is 11.1 Å². The summed E-state index contributed by atoms with van der Waals surface area (Å²) >= 11 is 0. The predicted molar refractivity (Wildman–Crippen MR) is 138 cm³/mol. The van der Waals surface area contributed by atoms with Crippen LogP contribution >= 0.6 is 0 Å². The molecule has 1 heteroatoms. The van der Waals surface area contributed by atoms with Crippen molar-refractivity contribution in [2.45, 2.75) is 44.4 Å². The molecule has 1 spiro atoms. The van der Waals surface area contributed by atoms with E-state index in [0.29, 0.717) is 0 Å². The number of hydrogen-bond donors (Lipinski definition) is 0. The molecule has 0 aromatic heterocycles. The van der Waals surface area contributed by atoms with E-state index in [-0.39, 0.29) is 5.78 Å². The summed E-state index contributed by atoms with van der Waals surface area (Å²) in [6.45, 7) is 2.24.